The molecule has 38 heavy (non-hydrogen) atoms. The molecule has 3 heterocycles. The first-order chi connectivity index (χ1) is 18.3. The Kier molecular flexibility index (Phi) is 8.13. The fraction of sp³-hybridized carbons (Fsp3) is 0.741. The van der Waals surface area contributed by atoms with E-state index in [0.29, 0.717) is 42.3 Å². The second-order valence-corrected chi connectivity index (χ2v) is 11.6. The highest BCUT2D eigenvalue weighted by Crippen LogP contribution is 2.37. The Bertz CT molecular complexity index is 1150. The maximum Gasteiger partial charge on any atom is 0.410 e. The molecule has 5 rings (SSSR count). The molecule has 2 aromatic heterocycles. The normalized spacial score (nSPS) is 24.5. The molecule has 0 aromatic carbocycles. The van der Waals surface area contributed by atoms with Crippen molar-refractivity contribution in [3.63, 3.8) is 0 Å². The Balaban J connectivity index is 1.59. The van der Waals surface area contributed by atoms with Crippen LogP contribution in [0.3, 0.4) is 0 Å². The number of hydrogen-bond donors (Lipinski definition) is 5. The zero-order valence-electron chi connectivity index (χ0n) is 22.4. The van der Waals surface area contributed by atoms with Crippen LogP contribution in [0, 0.1) is 29.1 Å². The number of aliphatic hydroxyl groups is 1. The zero-order valence-corrected chi connectivity index (χ0v) is 22.4. The number of aliphatic hydroxyl groups excluding tert-OH is 1. The van der Waals surface area contributed by atoms with Crippen LogP contribution in [-0.2, 0) is 11.3 Å². The summed E-state index contributed by atoms with van der Waals surface area (Å²) in [6, 6.07) is 0.152. The molecule has 1 amide bonds. The predicted octanol–water partition coefficient (Wildman–Crippen LogP) is 4.31. The van der Waals surface area contributed by atoms with Gasteiger partial charge in [-0.25, -0.2) is 19.7 Å². The maximum absolute atomic E-state index is 11.6. The lowest BCUT2D eigenvalue weighted by atomic mass is 9.80. The molecule has 11 nitrogen and oxygen atoms in total. The SMILES string of the molecule is CC1CCC(Cn2c(C(O)C3CCOCC3)nc3nc(C(=N)NC(=O)O)nc(N[C@H](C)C4CCC4)c32)CC1. The molecule has 11 heteroatoms. The fourth-order valence-electron chi connectivity index (χ4n) is 6.12. The van der Waals surface area contributed by atoms with E-state index in [4.69, 9.17) is 20.2 Å². The molecule has 1 aliphatic heterocycles. The number of fused-ring (bicyclic) bond motifs is 1. The molecule has 1 unspecified atom stereocenters. The molecule has 2 atom stereocenters. The smallest absolute Gasteiger partial charge is 0.410 e. The molecule has 2 saturated carbocycles. The van der Waals surface area contributed by atoms with E-state index in [0.717, 1.165) is 56.5 Å². The van der Waals surface area contributed by atoms with Crippen LogP contribution >= 0.6 is 0 Å². The van der Waals surface area contributed by atoms with E-state index in [-0.39, 0.29) is 17.8 Å². The lowest BCUT2D eigenvalue weighted by Crippen LogP contribution is -2.33. The molecule has 2 aliphatic carbocycles. The van der Waals surface area contributed by atoms with Crippen LogP contribution in [0.1, 0.15) is 89.4 Å². The van der Waals surface area contributed by atoms with Gasteiger partial charge in [0.05, 0.1) is 0 Å². The first-order valence-electron chi connectivity index (χ1n) is 14.2. The summed E-state index contributed by atoms with van der Waals surface area (Å²) in [5.74, 6) is 2.45. The molecular formula is C27H41N7O4. The summed E-state index contributed by atoms with van der Waals surface area (Å²) in [6.07, 6.45) is 7.57. The Morgan fingerprint density at radius 2 is 1.79 bits per heavy atom. The highest BCUT2D eigenvalue weighted by atomic mass is 16.5. The van der Waals surface area contributed by atoms with E-state index in [2.05, 4.69) is 39.0 Å². The summed E-state index contributed by atoms with van der Waals surface area (Å²) in [5.41, 5.74) is 1.10. The third kappa shape index (κ3) is 5.78. The molecule has 1 saturated heterocycles. The third-order valence-electron chi connectivity index (χ3n) is 8.86. The van der Waals surface area contributed by atoms with E-state index in [1.54, 1.807) is 0 Å². The summed E-state index contributed by atoms with van der Waals surface area (Å²) in [4.78, 5) is 25.2. The number of nitrogens with one attached hydrogen (secondary N) is 3. The number of rotatable bonds is 8. The summed E-state index contributed by atoms with van der Waals surface area (Å²) in [5, 5.41) is 34.6. The molecule has 2 aromatic rings. The predicted molar refractivity (Wildman–Crippen MR) is 143 cm³/mol. The quantitative estimate of drug-likeness (QED) is 0.251. The van der Waals surface area contributed by atoms with Gasteiger partial charge in [0.2, 0.25) is 0 Å². The molecule has 0 radical (unpaired) electrons. The van der Waals surface area contributed by atoms with Crippen LogP contribution < -0.4 is 10.6 Å². The Hall–Kier alpha value is -2.79. The number of ether oxygens (including phenoxy) is 1. The van der Waals surface area contributed by atoms with Crippen molar-refractivity contribution in [2.75, 3.05) is 18.5 Å². The second-order valence-electron chi connectivity index (χ2n) is 11.6. The van der Waals surface area contributed by atoms with E-state index in [1.807, 2.05) is 0 Å². The van der Waals surface area contributed by atoms with Crippen LogP contribution in [0.2, 0.25) is 0 Å². The summed E-state index contributed by atoms with van der Waals surface area (Å²) in [6.45, 7) is 6.41. The van der Waals surface area contributed by atoms with Gasteiger partial charge < -0.3 is 24.8 Å². The van der Waals surface area contributed by atoms with Crippen molar-refractivity contribution in [1.29, 1.82) is 5.41 Å². The maximum atomic E-state index is 11.6. The minimum Gasteiger partial charge on any atom is -0.465 e. The van der Waals surface area contributed by atoms with Gasteiger partial charge >= 0.3 is 6.09 Å². The van der Waals surface area contributed by atoms with Crippen molar-refractivity contribution in [2.45, 2.75) is 90.3 Å². The van der Waals surface area contributed by atoms with E-state index in [9.17, 15) is 9.90 Å². The van der Waals surface area contributed by atoms with Crippen LogP contribution in [0.5, 0.6) is 0 Å². The summed E-state index contributed by atoms with van der Waals surface area (Å²) < 4.78 is 7.65. The van der Waals surface area contributed by atoms with Crippen molar-refractivity contribution in [3.8, 4) is 0 Å². The van der Waals surface area contributed by atoms with Gasteiger partial charge in [0.25, 0.3) is 0 Å². The van der Waals surface area contributed by atoms with E-state index >= 15 is 0 Å². The number of anilines is 1. The van der Waals surface area contributed by atoms with E-state index < -0.39 is 18.0 Å². The molecule has 208 valence electrons. The molecule has 0 bridgehead atoms. The van der Waals surface area contributed by atoms with Crippen molar-refractivity contribution in [1.82, 2.24) is 24.8 Å². The number of carbonyl (C=O) groups is 1. The lowest BCUT2D eigenvalue weighted by molar-refractivity contribution is 0.00228. The number of hydrogen-bond acceptors (Lipinski definition) is 8. The van der Waals surface area contributed by atoms with Crippen molar-refractivity contribution in [3.05, 3.63) is 11.6 Å². The number of carboxylic acid groups (broad SMARTS) is 1. The lowest BCUT2D eigenvalue weighted by Gasteiger charge is -2.32. The van der Waals surface area contributed by atoms with Gasteiger partial charge in [-0.15, -0.1) is 0 Å². The Morgan fingerprint density at radius 3 is 2.42 bits per heavy atom. The summed E-state index contributed by atoms with van der Waals surface area (Å²) >= 11 is 0. The minimum atomic E-state index is -1.34. The molecule has 0 spiro atoms. The number of imidazole rings is 1. The number of amides is 1. The first-order valence-corrected chi connectivity index (χ1v) is 14.2. The first kappa shape index (κ1) is 26.8. The topological polar surface area (TPSA) is 158 Å². The molecule has 3 aliphatic rings. The van der Waals surface area contributed by atoms with Gasteiger partial charge in [-0.05, 0) is 69.1 Å². The van der Waals surface area contributed by atoms with Gasteiger partial charge in [-0.1, -0.05) is 26.2 Å². The van der Waals surface area contributed by atoms with Crippen LogP contribution in [0.4, 0.5) is 10.6 Å². The monoisotopic (exact) mass is 527 g/mol. The number of amidine groups is 1. The minimum absolute atomic E-state index is 0.0357. The Labute approximate surface area is 223 Å². The van der Waals surface area contributed by atoms with Gasteiger partial charge in [0.1, 0.15) is 17.4 Å². The standard InChI is InChI=1S/C27H41N7O4/c1-15-6-8-17(9-7-15)14-34-20-23(29-16(2)18-4-3-5-18)31-25(22(28)30-27(36)37)32-24(20)33-26(34)21(35)19-10-12-38-13-11-19/h15-19,21,35H,3-14H2,1-2H3,(H2,28,30)(H,36,37)(H,29,31,32)/t15?,16-,17?,21?/m1/s1. The van der Waals surface area contributed by atoms with Crippen LogP contribution in [0.15, 0.2) is 0 Å². The van der Waals surface area contributed by atoms with Gasteiger partial charge in [-0.3, -0.25) is 10.7 Å². The third-order valence-corrected chi connectivity index (χ3v) is 8.86. The average Bonchev–Trinajstić information content (AvgIpc) is 3.22. The number of nitrogens with zero attached hydrogens (tertiary/aromatic N) is 4. The van der Waals surface area contributed by atoms with Crippen molar-refractivity contribution in [2.24, 2.45) is 23.7 Å². The van der Waals surface area contributed by atoms with Crippen LogP contribution in [0.25, 0.3) is 11.2 Å². The fourth-order valence-corrected chi connectivity index (χ4v) is 6.12. The largest absolute Gasteiger partial charge is 0.465 e. The average molecular weight is 528 g/mol. The highest BCUT2D eigenvalue weighted by molar-refractivity contribution is 6.03. The van der Waals surface area contributed by atoms with Gasteiger partial charge in [0, 0.05) is 25.8 Å². The number of aromatic nitrogens is 4. The van der Waals surface area contributed by atoms with Gasteiger partial charge in [-0.2, -0.15) is 0 Å². The summed E-state index contributed by atoms with van der Waals surface area (Å²) in [7, 11) is 0. The highest BCUT2D eigenvalue weighted by Gasteiger charge is 2.32. The van der Waals surface area contributed by atoms with Gasteiger partial charge in [0.15, 0.2) is 23.1 Å². The molecule has 5 N–H and O–H groups in total. The molecule has 3 fully saturated rings. The van der Waals surface area contributed by atoms with Crippen molar-refractivity contribution < 1.29 is 19.7 Å². The second kappa shape index (κ2) is 11.5. The van der Waals surface area contributed by atoms with Crippen molar-refractivity contribution >= 4 is 28.9 Å². The Morgan fingerprint density at radius 1 is 1.08 bits per heavy atom. The molecular weight excluding hydrogens is 486 g/mol. The van der Waals surface area contributed by atoms with Crippen LogP contribution in [-0.4, -0.2) is 60.9 Å². The zero-order chi connectivity index (χ0) is 26.8. The van der Waals surface area contributed by atoms with E-state index in [1.165, 1.54) is 19.3 Å².